The smallest absolute Gasteiger partial charge is 0.255 e. The maximum atomic E-state index is 11.0. The number of thioether (sulfide) groups is 1. The Balaban J connectivity index is 2.36. The molecule has 0 spiro atoms. The minimum atomic E-state index is -0.962. The summed E-state index contributed by atoms with van der Waals surface area (Å²) in [6.45, 7) is 0. The van der Waals surface area contributed by atoms with Crippen LogP contribution in [0.2, 0.25) is 0 Å². The molecular weight excluding hydrogens is 242 g/mol. The first kappa shape index (κ1) is 12.2. The van der Waals surface area contributed by atoms with E-state index in [1.165, 1.54) is 18.9 Å². The average molecular weight is 255 g/mol. The van der Waals surface area contributed by atoms with Crippen LogP contribution in [-0.2, 0) is 0 Å². The van der Waals surface area contributed by atoms with Crippen LogP contribution in [-0.4, -0.2) is 35.0 Å². The van der Waals surface area contributed by atoms with Gasteiger partial charge in [0.2, 0.25) is 0 Å². The topological polar surface area (TPSA) is 72.6 Å². The summed E-state index contributed by atoms with van der Waals surface area (Å²) in [5, 5.41) is 20.3. The molecule has 0 bridgehead atoms. The van der Waals surface area contributed by atoms with Gasteiger partial charge in [-0.25, -0.2) is 0 Å². The fourth-order valence-corrected chi connectivity index (χ4v) is 3.48. The van der Waals surface area contributed by atoms with Crippen molar-refractivity contribution in [1.82, 2.24) is 0 Å². The van der Waals surface area contributed by atoms with Gasteiger partial charge < -0.3 is 9.84 Å². The second kappa shape index (κ2) is 4.93. The van der Waals surface area contributed by atoms with E-state index in [0.717, 1.165) is 5.56 Å². The lowest BCUT2D eigenvalue weighted by Crippen LogP contribution is -2.33. The molecule has 1 aromatic rings. The van der Waals surface area contributed by atoms with Gasteiger partial charge in [0.05, 0.1) is 7.11 Å². The van der Waals surface area contributed by atoms with Crippen LogP contribution in [0.4, 0.5) is 0 Å². The summed E-state index contributed by atoms with van der Waals surface area (Å²) < 4.78 is 5.20. The molecule has 5 nitrogen and oxygen atoms in total. The molecule has 0 radical (unpaired) electrons. The Morgan fingerprint density at radius 3 is 2.88 bits per heavy atom. The standard InChI is InChI=1S/C11H13NO4S/c1-16-9-5-3-2-4-7(9)11-10(12(14)15)8(13)6-17-11/h2-5,8,10-11,13H,6H2,1H3/t8-,10-,11+/m1/s1. The lowest BCUT2D eigenvalue weighted by molar-refractivity contribution is -0.531. The number of hydrogen-bond donors (Lipinski definition) is 1. The van der Waals surface area contributed by atoms with Crippen molar-refractivity contribution in [3.05, 3.63) is 39.9 Å². The van der Waals surface area contributed by atoms with Gasteiger partial charge in [-0.05, 0) is 6.07 Å². The number of hydrogen-bond acceptors (Lipinski definition) is 5. The Kier molecular flexibility index (Phi) is 3.54. The molecule has 0 aromatic heterocycles. The number of aliphatic hydroxyl groups excluding tert-OH is 1. The number of rotatable bonds is 3. The highest BCUT2D eigenvalue weighted by Crippen LogP contribution is 2.44. The predicted molar refractivity (Wildman–Crippen MR) is 65.0 cm³/mol. The molecule has 0 amide bonds. The molecule has 2 rings (SSSR count). The van der Waals surface area contributed by atoms with Crippen molar-refractivity contribution in [1.29, 1.82) is 0 Å². The normalized spacial score (nSPS) is 28.0. The molecule has 3 atom stereocenters. The highest BCUT2D eigenvalue weighted by molar-refractivity contribution is 7.99. The SMILES string of the molecule is COc1ccccc1[C@@H]1SC[C@@H](O)[C@H]1[N+](=O)[O-]. The van der Waals surface area contributed by atoms with Crippen LogP contribution in [0, 0.1) is 10.1 Å². The summed E-state index contributed by atoms with van der Waals surface area (Å²) in [5.74, 6) is 1.01. The number of ether oxygens (including phenoxy) is 1. The molecule has 1 aliphatic rings. The van der Waals surface area contributed by atoms with Gasteiger partial charge in [-0.2, -0.15) is 0 Å². The van der Waals surface area contributed by atoms with Crippen molar-refractivity contribution in [2.45, 2.75) is 17.4 Å². The number of aliphatic hydroxyl groups is 1. The van der Waals surface area contributed by atoms with Crippen LogP contribution in [0.5, 0.6) is 5.75 Å². The molecule has 1 aliphatic heterocycles. The number of benzene rings is 1. The lowest BCUT2D eigenvalue weighted by Gasteiger charge is -2.16. The number of nitro groups is 1. The summed E-state index contributed by atoms with van der Waals surface area (Å²) in [4.78, 5) is 10.6. The Morgan fingerprint density at radius 1 is 1.53 bits per heavy atom. The summed E-state index contributed by atoms with van der Waals surface area (Å²) in [5.41, 5.74) is 0.776. The second-order valence-corrected chi connectivity index (χ2v) is 5.01. The Labute approximate surface area is 103 Å². The van der Waals surface area contributed by atoms with Crippen LogP contribution < -0.4 is 4.74 Å². The molecule has 0 aliphatic carbocycles. The van der Waals surface area contributed by atoms with Gasteiger partial charge in [0.25, 0.3) is 6.04 Å². The van der Waals surface area contributed by atoms with Crippen molar-refractivity contribution in [2.24, 2.45) is 0 Å². The maximum Gasteiger partial charge on any atom is 0.255 e. The number of para-hydroxylation sites is 1. The molecule has 1 N–H and O–H groups in total. The van der Waals surface area contributed by atoms with Crippen LogP contribution in [0.1, 0.15) is 10.8 Å². The number of nitrogens with zero attached hydrogens (tertiary/aromatic N) is 1. The first-order chi connectivity index (χ1) is 8.15. The van der Waals surface area contributed by atoms with Crippen LogP contribution in [0.25, 0.3) is 0 Å². The Hall–Kier alpha value is -1.27. The third-order valence-corrected chi connectivity index (χ3v) is 4.27. The zero-order chi connectivity index (χ0) is 12.4. The minimum absolute atomic E-state index is 0.351. The quantitative estimate of drug-likeness (QED) is 0.654. The van der Waals surface area contributed by atoms with Crippen LogP contribution >= 0.6 is 11.8 Å². The van der Waals surface area contributed by atoms with Gasteiger partial charge in [-0.1, -0.05) is 18.2 Å². The largest absolute Gasteiger partial charge is 0.496 e. The zero-order valence-electron chi connectivity index (χ0n) is 9.28. The molecule has 1 heterocycles. The number of methoxy groups -OCH3 is 1. The fourth-order valence-electron chi connectivity index (χ4n) is 2.03. The maximum absolute atomic E-state index is 11.0. The molecule has 6 heteroatoms. The van der Waals surface area contributed by atoms with Crippen LogP contribution in [0.3, 0.4) is 0 Å². The average Bonchev–Trinajstić information content (AvgIpc) is 2.71. The molecule has 92 valence electrons. The van der Waals surface area contributed by atoms with Gasteiger partial charge in [-0.15, -0.1) is 11.8 Å². The van der Waals surface area contributed by atoms with E-state index in [1.807, 2.05) is 18.2 Å². The summed E-state index contributed by atoms with van der Waals surface area (Å²) in [7, 11) is 1.54. The summed E-state index contributed by atoms with van der Waals surface area (Å²) in [6, 6.07) is 6.26. The molecule has 17 heavy (non-hydrogen) atoms. The zero-order valence-corrected chi connectivity index (χ0v) is 10.1. The highest BCUT2D eigenvalue weighted by Gasteiger charge is 2.46. The second-order valence-electron chi connectivity index (χ2n) is 3.84. The molecular formula is C11H13NO4S. The summed E-state index contributed by atoms with van der Waals surface area (Å²) >= 11 is 1.40. The minimum Gasteiger partial charge on any atom is -0.496 e. The molecule has 1 aromatic carbocycles. The first-order valence-corrected chi connectivity index (χ1v) is 6.26. The van der Waals surface area contributed by atoms with E-state index in [9.17, 15) is 15.2 Å². The van der Waals surface area contributed by atoms with Crippen molar-refractivity contribution >= 4 is 11.8 Å². The Morgan fingerprint density at radius 2 is 2.24 bits per heavy atom. The molecule has 0 unspecified atom stereocenters. The van der Waals surface area contributed by atoms with Crippen LogP contribution in [0.15, 0.2) is 24.3 Å². The van der Waals surface area contributed by atoms with Crippen molar-refractivity contribution in [3.63, 3.8) is 0 Å². The van der Waals surface area contributed by atoms with Gasteiger partial charge >= 0.3 is 0 Å². The van der Waals surface area contributed by atoms with Gasteiger partial charge in [0.15, 0.2) is 0 Å². The van der Waals surface area contributed by atoms with Crippen molar-refractivity contribution in [2.75, 3.05) is 12.9 Å². The van der Waals surface area contributed by atoms with E-state index in [4.69, 9.17) is 4.74 Å². The van der Waals surface area contributed by atoms with E-state index < -0.39 is 17.1 Å². The van der Waals surface area contributed by atoms with Gasteiger partial charge in [0.1, 0.15) is 17.1 Å². The molecule has 0 saturated carbocycles. The van der Waals surface area contributed by atoms with E-state index in [0.29, 0.717) is 11.5 Å². The van der Waals surface area contributed by atoms with E-state index in [1.54, 1.807) is 6.07 Å². The third kappa shape index (κ3) is 2.23. The molecule has 1 saturated heterocycles. The first-order valence-electron chi connectivity index (χ1n) is 5.21. The Bertz CT molecular complexity index is 426. The lowest BCUT2D eigenvalue weighted by atomic mass is 10.0. The van der Waals surface area contributed by atoms with E-state index in [-0.39, 0.29) is 5.25 Å². The van der Waals surface area contributed by atoms with Gasteiger partial charge in [0, 0.05) is 16.2 Å². The highest BCUT2D eigenvalue weighted by atomic mass is 32.2. The van der Waals surface area contributed by atoms with Crippen molar-refractivity contribution < 1.29 is 14.8 Å². The summed E-state index contributed by atoms with van der Waals surface area (Å²) in [6.07, 6.45) is -0.898. The third-order valence-electron chi connectivity index (χ3n) is 2.84. The van der Waals surface area contributed by atoms with E-state index in [2.05, 4.69) is 0 Å². The van der Waals surface area contributed by atoms with Gasteiger partial charge in [-0.3, -0.25) is 10.1 Å². The fraction of sp³-hybridized carbons (Fsp3) is 0.455. The molecule has 1 fully saturated rings. The van der Waals surface area contributed by atoms with E-state index >= 15 is 0 Å². The van der Waals surface area contributed by atoms with Crippen molar-refractivity contribution in [3.8, 4) is 5.75 Å². The monoisotopic (exact) mass is 255 g/mol. The predicted octanol–water partition coefficient (Wildman–Crippen LogP) is 1.49.